The van der Waals surface area contributed by atoms with E-state index in [1.54, 1.807) is 14.0 Å². The molecule has 17 heavy (non-hydrogen) atoms. The molecule has 0 radical (unpaired) electrons. The zero-order chi connectivity index (χ0) is 13.0. The molecule has 1 aromatic carbocycles. The largest absolute Gasteiger partial charge is 0.496 e. The Labute approximate surface area is 104 Å². The van der Waals surface area contributed by atoms with Gasteiger partial charge in [-0.15, -0.1) is 0 Å². The molecule has 0 heterocycles. The number of anilines is 1. The first-order chi connectivity index (χ1) is 8.02. The standard InChI is InChI=1S/C14H23NO2/c1-6-15(10(2)3)12-8-7-9-13(17-5)14(12)11(4)16/h7-11,16H,6H2,1-5H3. The average Bonchev–Trinajstić information content (AvgIpc) is 2.28. The van der Waals surface area contributed by atoms with Crippen molar-refractivity contribution in [1.29, 1.82) is 0 Å². The van der Waals surface area contributed by atoms with Gasteiger partial charge in [-0.2, -0.15) is 0 Å². The molecule has 0 spiro atoms. The summed E-state index contributed by atoms with van der Waals surface area (Å²) in [4.78, 5) is 2.25. The van der Waals surface area contributed by atoms with Crippen LogP contribution in [0.1, 0.15) is 39.4 Å². The third-order valence-electron chi connectivity index (χ3n) is 2.95. The lowest BCUT2D eigenvalue weighted by molar-refractivity contribution is 0.194. The summed E-state index contributed by atoms with van der Waals surface area (Å²) in [6.07, 6.45) is -0.533. The SMILES string of the molecule is CCN(c1cccc(OC)c1C(C)O)C(C)C. The highest BCUT2D eigenvalue weighted by Gasteiger charge is 2.19. The fraction of sp³-hybridized carbons (Fsp3) is 0.571. The van der Waals surface area contributed by atoms with Gasteiger partial charge in [0.25, 0.3) is 0 Å². The Kier molecular flexibility index (Phi) is 4.82. The second kappa shape index (κ2) is 5.92. The van der Waals surface area contributed by atoms with E-state index in [1.165, 1.54) is 0 Å². The van der Waals surface area contributed by atoms with Crippen molar-refractivity contribution in [2.24, 2.45) is 0 Å². The topological polar surface area (TPSA) is 32.7 Å². The highest BCUT2D eigenvalue weighted by Crippen LogP contribution is 2.35. The van der Waals surface area contributed by atoms with E-state index in [9.17, 15) is 5.11 Å². The number of hydrogen-bond donors (Lipinski definition) is 1. The minimum atomic E-state index is -0.533. The number of rotatable bonds is 5. The van der Waals surface area contributed by atoms with E-state index in [0.29, 0.717) is 6.04 Å². The quantitative estimate of drug-likeness (QED) is 0.854. The molecule has 0 aliphatic rings. The Hall–Kier alpha value is -1.22. The van der Waals surface area contributed by atoms with Crippen molar-refractivity contribution in [2.75, 3.05) is 18.6 Å². The van der Waals surface area contributed by atoms with E-state index in [2.05, 4.69) is 25.7 Å². The number of ether oxygens (including phenoxy) is 1. The van der Waals surface area contributed by atoms with Crippen molar-refractivity contribution in [2.45, 2.75) is 39.8 Å². The van der Waals surface area contributed by atoms with E-state index in [-0.39, 0.29) is 0 Å². The van der Waals surface area contributed by atoms with Crippen molar-refractivity contribution in [1.82, 2.24) is 0 Å². The van der Waals surface area contributed by atoms with Crippen LogP contribution in [0.25, 0.3) is 0 Å². The molecule has 1 unspecified atom stereocenters. The summed E-state index contributed by atoms with van der Waals surface area (Å²) in [6.45, 7) is 9.09. The highest BCUT2D eigenvalue weighted by atomic mass is 16.5. The summed E-state index contributed by atoms with van der Waals surface area (Å²) in [6, 6.07) is 6.28. The normalized spacial score (nSPS) is 12.6. The molecule has 3 nitrogen and oxygen atoms in total. The zero-order valence-corrected chi connectivity index (χ0v) is 11.4. The molecule has 0 amide bonds. The number of methoxy groups -OCH3 is 1. The van der Waals surface area contributed by atoms with Gasteiger partial charge in [-0.25, -0.2) is 0 Å². The second-order valence-electron chi connectivity index (χ2n) is 4.45. The molecule has 96 valence electrons. The van der Waals surface area contributed by atoms with Crippen LogP contribution < -0.4 is 9.64 Å². The van der Waals surface area contributed by atoms with Crippen LogP contribution in [0, 0.1) is 0 Å². The lowest BCUT2D eigenvalue weighted by atomic mass is 10.0. The smallest absolute Gasteiger partial charge is 0.126 e. The lowest BCUT2D eigenvalue weighted by Crippen LogP contribution is -2.31. The van der Waals surface area contributed by atoms with Gasteiger partial charge in [0.15, 0.2) is 0 Å². The van der Waals surface area contributed by atoms with Crippen molar-refractivity contribution < 1.29 is 9.84 Å². The number of nitrogens with zero attached hydrogens (tertiary/aromatic N) is 1. The van der Waals surface area contributed by atoms with Gasteiger partial charge in [0, 0.05) is 23.8 Å². The van der Waals surface area contributed by atoms with E-state index >= 15 is 0 Å². The molecule has 1 N–H and O–H groups in total. The van der Waals surface area contributed by atoms with Crippen LogP contribution in [0.3, 0.4) is 0 Å². The van der Waals surface area contributed by atoms with Crippen LogP contribution in [0.5, 0.6) is 5.75 Å². The van der Waals surface area contributed by atoms with Gasteiger partial charge < -0.3 is 14.7 Å². The minimum Gasteiger partial charge on any atom is -0.496 e. The number of aliphatic hydroxyl groups excluding tert-OH is 1. The van der Waals surface area contributed by atoms with Gasteiger partial charge in [0.1, 0.15) is 5.75 Å². The Morgan fingerprint density at radius 3 is 2.35 bits per heavy atom. The van der Waals surface area contributed by atoms with Gasteiger partial charge in [-0.05, 0) is 39.8 Å². The molecule has 1 aromatic rings. The Bertz CT molecular complexity index is 361. The van der Waals surface area contributed by atoms with E-state index in [4.69, 9.17) is 4.74 Å². The number of benzene rings is 1. The summed E-state index contributed by atoms with van der Waals surface area (Å²) in [5.74, 6) is 0.747. The van der Waals surface area contributed by atoms with Crippen molar-refractivity contribution >= 4 is 5.69 Å². The summed E-state index contributed by atoms with van der Waals surface area (Å²) >= 11 is 0. The van der Waals surface area contributed by atoms with Gasteiger partial charge in [-0.1, -0.05) is 6.07 Å². The lowest BCUT2D eigenvalue weighted by Gasteiger charge is -2.31. The molecule has 1 atom stereocenters. The molecule has 0 saturated heterocycles. The number of hydrogen-bond acceptors (Lipinski definition) is 3. The summed E-state index contributed by atoms with van der Waals surface area (Å²) in [7, 11) is 1.64. The van der Waals surface area contributed by atoms with Gasteiger partial charge in [0.05, 0.1) is 13.2 Å². The minimum absolute atomic E-state index is 0.393. The maximum Gasteiger partial charge on any atom is 0.126 e. The van der Waals surface area contributed by atoms with Crippen molar-refractivity contribution in [3.63, 3.8) is 0 Å². The van der Waals surface area contributed by atoms with E-state index in [0.717, 1.165) is 23.5 Å². The molecule has 0 aliphatic heterocycles. The Morgan fingerprint density at radius 1 is 1.29 bits per heavy atom. The fourth-order valence-corrected chi connectivity index (χ4v) is 2.19. The summed E-state index contributed by atoms with van der Waals surface area (Å²) < 4.78 is 5.34. The highest BCUT2D eigenvalue weighted by molar-refractivity contribution is 5.60. The van der Waals surface area contributed by atoms with Crippen LogP contribution in [0.2, 0.25) is 0 Å². The van der Waals surface area contributed by atoms with E-state index in [1.807, 2.05) is 18.2 Å². The third kappa shape index (κ3) is 2.91. The molecule has 3 heteroatoms. The average molecular weight is 237 g/mol. The maximum atomic E-state index is 9.94. The molecule has 0 saturated carbocycles. The van der Waals surface area contributed by atoms with Crippen LogP contribution in [-0.4, -0.2) is 24.8 Å². The first-order valence-corrected chi connectivity index (χ1v) is 6.14. The zero-order valence-electron chi connectivity index (χ0n) is 11.4. The Balaban J connectivity index is 3.31. The molecule has 0 bridgehead atoms. The predicted molar refractivity (Wildman–Crippen MR) is 71.8 cm³/mol. The fourth-order valence-electron chi connectivity index (χ4n) is 2.19. The second-order valence-corrected chi connectivity index (χ2v) is 4.45. The third-order valence-corrected chi connectivity index (χ3v) is 2.95. The summed E-state index contributed by atoms with van der Waals surface area (Å²) in [5, 5.41) is 9.94. The summed E-state index contributed by atoms with van der Waals surface area (Å²) in [5.41, 5.74) is 1.92. The van der Waals surface area contributed by atoms with Crippen LogP contribution >= 0.6 is 0 Å². The molecule has 1 rings (SSSR count). The Morgan fingerprint density at radius 2 is 1.94 bits per heavy atom. The molecular weight excluding hydrogens is 214 g/mol. The molecule has 0 aliphatic carbocycles. The van der Waals surface area contributed by atoms with Gasteiger partial charge in [0.2, 0.25) is 0 Å². The number of aliphatic hydroxyl groups is 1. The molecule has 0 fully saturated rings. The van der Waals surface area contributed by atoms with Crippen LogP contribution in [0.4, 0.5) is 5.69 Å². The first-order valence-electron chi connectivity index (χ1n) is 6.14. The van der Waals surface area contributed by atoms with Crippen molar-refractivity contribution in [3.05, 3.63) is 23.8 Å². The molecular formula is C14H23NO2. The van der Waals surface area contributed by atoms with Crippen LogP contribution in [-0.2, 0) is 0 Å². The first kappa shape index (κ1) is 13.8. The van der Waals surface area contributed by atoms with Gasteiger partial charge in [-0.3, -0.25) is 0 Å². The van der Waals surface area contributed by atoms with E-state index < -0.39 is 6.10 Å². The van der Waals surface area contributed by atoms with Crippen LogP contribution in [0.15, 0.2) is 18.2 Å². The van der Waals surface area contributed by atoms with Gasteiger partial charge >= 0.3 is 0 Å². The van der Waals surface area contributed by atoms with Crippen molar-refractivity contribution in [3.8, 4) is 5.75 Å². The monoisotopic (exact) mass is 237 g/mol. The maximum absolute atomic E-state index is 9.94. The molecule has 0 aromatic heterocycles. The predicted octanol–water partition coefficient (Wildman–Crippen LogP) is 2.98.